The number of nitrogens with one attached hydrogen (secondary N) is 1. The topological polar surface area (TPSA) is 52.9 Å². The highest BCUT2D eigenvalue weighted by Gasteiger charge is 2.26. The van der Waals surface area contributed by atoms with E-state index in [2.05, 4.69) is 5.32 Å². The number of benzene rings is 1. The summed E-state index contributed by atoms with van der Waals surface area (Å²) >= 11 is 0. The molecule has 0 aromatic heterocycles. The highest BCUT2D eigenvalue weighted by Crippen LogP contribution is 2.13. The molecule has 0 saturated heterocycles. The first-order valence-corrected chi connectivity index (χ1v) is 4.74. The van der Waals surface area contributed by atoms with Crippen LogP contribution < -0.4 is 5.32 Å². The Morgan fingerprint density at radius 2 is 2.07 bits per heavy atom. The minimum Gasteiger partial charge on any atom is -0.369 e. The minimum atomic E-state index is -0.691. The number of Topliss-reactive ketones (excluding diaryl/α,β-unsaturated/α-hetero) is 1. The molecule has 1 unspecified atom stereocenters. The van der Waals surface area contributed by atoms with Gasteiger partial charge >= 0.3 is 0 Å². The Morgan fingerprint density at radius 3 is 2.67 bits per heavy atom. The van der Waals surface area contributed by atoms with E-state index in [4.69, 9.17) is 5.26 Å². The van der Waals surface area contributed by atoms with Crippen LogP contribution in [-0.4, -0.2) is 11.8 Å². The zero-order valence-electron chi connectivity index (χ0n) is 8.10. The predicted octanol–water partition coefficient (Wildman–Crippen LogP) is 1.18. The summed E-state index contributed by atoms with van der Waals surface area (Å²) in [5, 5.41) is 11.4. The Morgan fingerprint density at radius 1 is 1.33 bits per heavy atom. The number of ketones is 1. The molecule has 0 bridgehead atoms. The maximum Gasteiger partial charge on any atom is 0.197 e. The van der Waals surface area contributed by atoms with Crippen molar-refractivity contribution in [2.45, 2.75) is 12.5 Å². The number of hydrogen-bond acceptors (Lipinski definition) is 3. The lowest BCUT2D eigenvalue weighted by Gasteiger charge is -2.01. The van der Waals surface area contributed by atoms with Crippen molar-refractivity contribution in [3.8, 4) is 6.07 Å². The summed E-state index contributed by atoms with van der Waals surface area (Å²) in [4.78, 5) is 11.6. The van der Waals surface area contributed by atoms with Gasteiger partial charge in [-0.25, -0.2) is 0 Å². The highest BCUT2D eigenvalue weighted by molar-refractivity contribution is 6.03. The molecule has 0 spiro atoms. The quantitative estimate of drug-likeness (QED) is 0.776. The summed E-state index contributed by atoms with van der Waals surface area (Å²) in [5.74, 6) is -0.110. The summed E-state index contributed by atoms with van der Waals surface area (Å²) < 4.78 is 0. The second kappa shape index (κ2) is 3.97. The Balaban J connectivity index is 2.10. The van der Waals surface area contributed by atoms with Gasteiger partial charge in [0.05, 0.1) is 6.07 Å². The Hall–Kier alpha value is -2.08. The van der Waals surface area contributed by atoms with Gasteiger partial charge in [-0.05, 0) is 5.56 Å². The third-order valence-electron chi connectivity index (χ3n) is 2.37. The van der Waals surface area contributed by atoms with E-state index in [1.807, 2.05) is 36.4 Å². The zero-order valence-corrected chi connectivity index (χ0v) is 8.10. The molecule has 2 rings (SSSR count). The fraction of sp³-hybridized carbons (Fsp3) is 0.167. The molecule has 3 nitrogen and oxygen atoms in total. The monoisotopic (exact) mass is 198 g/mol. The molecule has 15 heavy (non-hydrogen) atoms. The largest absolute Gasteiger partial charge is 0.369 e. The van der Waals surface area contributed by atoms with Crippen LogP contribution in [0.25, 0.3) is 0 Å². The van der Waals surface area contributed by atoms with Crippen molar-refractivity contribution in [2.75, 3.05) is 0 Å². The number of hydrogen-bond donors (Lipinski definition) is 1. The Kier molecular flexibility index (Phi) is 2.51. The number of nitriles is 1. The molecule has 3 heteroatoms. The van der Waals surface area contributed by atoms with Crippen molar-refractivity contribution < 1.29 is 4.79 Å². The fourth-order valence-electron chi connectivity index (χ4n) is 1.57. The second-order valence-electron chi connectivity index (χ2n) is 3.42. The number of rotatable bonds is 2. The van der Waals surface area contributed by atoms with Crippen LogP contribution in [0.15, 0.2) is 42.1 Å². The summed E-state index contributed by atoms with van der Waals surface area (Å²) in [6, 6.07) is 11.0. The zero-order chi connectivity index (χ0) is 10.7. The normalized spacial score (nSPS) is 19.3. The van der Waals surface area contributed by atoms with Gasteiger partial charge in [-0.15, -0.1) is 0 Å². The van der Waals surface area contributed by atoms with Crippen LogP contribution in [0.4, 0.5) is 0 Å². The lowest BCUT2D eigenvalue weighted by molar-refractivity contribution is -0.115. The molecule has 1 aromatic rings. The molecule has 1 aliphatic heterocycles. The van der Waals surface area contributed by atoms with Crippen molar-refractivity contribution in [2.24, 2.45) is 0 Å². The maximum atomic E-state index is 11.6. The van der Waals surface area contributed by atoms with Crippen LogP contribution in [0.3, 0.4) is 0 Å². The van der Waals surface area contributed by atoms with Gasteiger partial charge in [-0.2, -0.15) is 5.26 Å². The summed E-state index contributed by atoms with van der Waals surface area (Å²) in [6.07, 6.45) is 2.23. The van der Waals surface area contributed by atoms with Crippen LogP contribution in [0.2, 0.25) is 0 Å². The maximum absolute atomic E-state index is 11.6. The van der Waals surface area contributed by atoms with Crippen LogP contribution >= 0.6 is 0 Å². The van der Waals surface area contributed by atoms with Gasteiger partial charge in [0.25, 0.3) is 0 Å². The van der Waals surface area contributed by atoms with Crippen LogP contribution in [0.5, 0.6) is 0 Å². The number of carbonyl (C=O) groups excluding carboxylic acids is 1. The SMILES string of the molecule is N#CC1NC=C(Cc2ccccc2)C1=O. The summed E-state index contributed by atoms with van der Waals surface area (Å²) in [7, 11) is 0. The van der Waals surface area contributed by atoms with E-state index in [0.717, 1.165) is 5.56 Å². The van der Waals surface area contributed by atoms with E-state index in [1.54, 1.807) is 6.20 Å². The molecule has 1 aliphatic rings. The first-order chi connectivity index (χ1) is 7.31. The lowest BCUT2D eigenvalue weighted by Crippen LogP contribution is -2.25. The molecule has 1 atom stereocenters. The first-order valence-electron chi connectivity index (χ1n) is 4.74. The molecule has 1 N–H and O–H groups in total. The third-order valence-corrected chi connectivity index (χ3v) is 2.37. The molecule has 0 radical (unpaired) electrons. The van der Waals surface area contributed by atoms with Crippen LogP contribution in [0.1, 0.15) is 5.56 Å². The minimum absolute atomic E-state index is 0.110. The van der Waals surface area contributed by atoms with E-state index in [-0.39, 0.29) is 5.78 Å². The van der Waals surface area contributed by atoms with Gasteiger partial charge in [-0.3, -0.25) is 4.79 Å². The number of nitrogens with zero attached hydrogens (tertiary/aromatic N) is 1. The third kappa shape index (κ3) is 1.89. The molecule has 0 amide bonds. The van der Waals surface area contributed by atoms with Gasteiger partial charge in [0.1, 0.15) is 0 Å². The second-order valence-corrected chi connectivity index (χ2v) is 3.42. The van der Waals surface area contributed by atoms with E-state index >= 15 is 0 Å². The first kappa shape index (κ1) is 9.47. The van der Waals surface area contributed by atoms with Crippen LogP contribution in [0, 0.1) is 11.3 Å². The average Bonchev–Trinajstić information content (AvgIpc) is 2.62. The molecule has 74 valence electrons. The van der Waals surface area contributed by atoms with Gasteiger partial charge in [0, 0.05) is 18.2 Å². The van der Waals surface area contributed by atoms with Crippen molar-refractivity contribution in [1.29, 1.82) is 5.26 Å². The van der Waals surface area contributed by atoms with E-state index in [1.165, 1.54) is 0 Å². The van der Waals surface area contributed by atoms with E-state index < -0.39 is 6.04 Å². The lowest BCUT2D eigenvalue weighted by atomic mass is 10.0. The number of carbonyl (C=O) groups is 1. The van der Waals surface area contributed by atoms with Gasteiger partial charge in [-0.1, -0.05) is 30.3 Å². The molecule has 1 heterocycles. The summed E-state index contributed by atoms with van der Waals surface area (Å²) in [5.41, 5.74) is 1.75. The van der Waals surface area contributed by atoms with Crippen molar-refractivity contribution in [1.82, 2.24) is 5.32 Å². The van der Waals surface area contributed by atoms with E-state index in [0.29, 0.717) is 12.0 Å². The fourth-order valence-corrected chi connectivity index (χ4v) is 1.57. The average molecular weight is 198 g/mol. The molecule has 0 saturated carbocycles. The molecule has 0 aliphatic carbocycles. The predicted molar refractivity (Wildman–Crippen MR) is 55.8 cm³/mol. The molecule has 0 fully saturated rings. The van der Waals surface area contributed by atoms with Gasteiger partial charge < -0.3 is 5.32 Å². The smallest absolute Gasteiger partial charge is 0.197 e. The summed E-state index contributed by atoms with van der Waals surface area (Å²) in [6.45, 7) is 0. The highest BCUT2D eigenvalue weighted by atomic mass is 16.1. The molecular weight excluding hydrogens is 188 g/mol. The van der Waals surface area contributed by atoms with Crippen molar-refractivity contribution in [3.63, 3.8) is 0 Å². The van der Waals surface area contributed by atoms with E-state index in [9.17, 15) is 4.79 Å². The van der Waals surface area contributed by atoms with Crippen molar-refractivity contribution >= 4 is 5.78 Å². The van der Waals surface area contributed by atoms with Gasteiger partial charge in [0.15, 0.2) is 11.8 Å². The van der Waals surface area contributed by atoms with Crippen LogP contribution in [-0.2, 0) is 11.2 Å². The molecule has 1 aromatic carbocycles. The molecular formula is C12H10N2O. The van der Waals surface area contributed by atoms with Crippen molar-refractivity contribution in [3.05, 3.63) is 47.7 Å². The Bertz CT molecular complexity index is 442. The van der Waals surface area contributed by atoms with Gasteiger partial charge in [0.2, 0.25) is 0 Å². The Labute approximate surface area is 88.0 Å². The standard InChI is InChI=1S/C12H10N2O/c13-7-11-12(15)10(8-14-11)6-9-4-2-1-3-5-9/h1-5,8,11,14H,6H2.